The summed E-state index contributed by atoms with van der Waals surface area (Å²) in [6, 6.07) is 79.4. The average Bonchev–Trinajstić information content (AvgIpc) is 3.93. The highest BCUT2D eigenvalue weighted by molar-refractivity contribution is 6.13. The number of hydrogen-bond donors (Lipinski definition) is 0. The lowest BCUT2D eigenvalue weighted by Gasteiger charge is -2.20. The van der Waals surface area contributed by atoms with Crippen LogP contribution in [0.15, 0.2) is 231 Å². The van der Waals surface area contributed by atoms with Gasteiger partial charge in [-0.05, 0) is 102 Å². The molecule has 0 atom stereocenters. The molecule has 0 N–H and O–H groups in total. The number of benzene rings is 9. The minimum absolute atomic E-state index is 0.550. The second kappa shape index (κ2) is 16.8. The minimum Gasteiger partial charge on any atom is -0.309 e. The molecular weight excluding hydrogens is 853 g/mol. The molecule has 0 amide bonds. The Kier molecular flexibility index (Phi) is 9.84. The van der Waals surface area contributed by atoms with Crippen molar-refractivity contribution in [2.45, 2.75) is 13.8 Å². The molecule has 0 unspecified atom stereocenters. The summed E-state index contributed by atoms with van der Waals surface area (Å²) in [5.74, 6) is 1.73. The van der Waals surface area contributed by atoms with Gasteiger partial charge in [0.15, 0.2) is 17.5 Å². The normalized spacial score (nSPS) is 11.6. The van der Waals surface area contributed by atoms with Gasteiger partial charge < -0.3 is 9.13 Å². The van der Waals surface area contributed by atoms with Crippen molar-refractivity contribution in [3.05, 3.63) is 242 Å². The molecule has 70 heavy (non-hydrogen) atoms. The lowest BCUT2D eigenvalue weighted by Crippen LogP contribution is -2.06. The SMILES string of the molecule is Cc1ccccc1-c1ccc2c(c1)c1ccccc1n2-c1cccnc1-c1c(-c2nc(-c3ccccc3)nc(-c3ccccc3)n2)cccc1-n1c2ccccc2c2cc(-c3ccccc3C)ccc21. The molecular formula is C64H44N6. The Morgan fingerprint density at radius 1 is 0.314 bits per heavy atom. The fourth-order valence-corrected chi connectivity index (χ4v) is 10.5. The minimum atomic E-state index is 0.550. The maximum atomic E-state index is 5.43. The maximum absolute atomic E-state index is 5.43. The van der Waals surface area contributed by atoms with Crippen molar-refractivity contribution < 1.29 is 0 Å². The number of rotatable bonds is 8. The second-order valence-electron chi connectivity index (χ2n) is 17.9. The zero-order valence-corrected chi connectivity index (χ0v) is 38.6. The van der Waals surface area contributed by atoms with Crippen molar-refractivity contribution >= 4 is 43.6 Å². The fourth-order valence-electron chi connectivity index (χ4n) is 10.5. The summed E-state index contributed by atoms with van der Waals surface area (Å²) >= 11 is 0. The van der Waals surface area contributed by atoms with Crippen LogP contribution in [0.5, 0.6) is 0 Å². The molecule has 9 aromatic carbocycles. The Hall–Kier alpha value is -9.26. The van der Waals surface area contributed by atoms with Gasteiger partial charge in [0.1, 0.15) is 0 Å². The van der Waals surface area contributed by atoms with E-state index in [2.05, 4.69) is 205 Å². The van der Waals surface area contributed by atoms with Crippen molar-refractivity contribution in [1.82, 2.24) is 29.1 Å². The molecule has 6 heteroatoms. The summed E-state index contributed by atoms with van der Waals surface area (Å²) in [4.78, 5) is 21.3. The van der Waals surface area contributed by atoms with Crippen molar-refractivity contribution in [2.75, 3.05) is 0 Å². The Bertz CT molecular complexity index is 4090. The molecule has 0 fully saturated rings. The lowest BCUT2D eigenvalue weighted by atomic mass is 9.98. The van der Waals surface area contributed by atoms with Gasteiger partial charge in [-0.1, -0.05) is 170 Å². The maximum Gasteiger partial charge on any atom is 0.164 e. The number of nitrogens with zero attached hydrogens (tertiary/aromatic N) is 6. The highest BCUT2D eigenvalue weighted by Gasteiger charge is 2.26. The summed E-state index contributed by atoms with van der Waals surface area (Å²) in [5, 5.41) is 4.67. The van der Waals surface area contributed by atoms with Crippen LogP contribution in [0, 0.1) is 13.8 Å². The van der Waals surface area contributed by atoms with E-state index in [0.29, 0.717) is 17.5 Å². The Labute approximate surface area is 405 Å². The van der Waals surface area contributed by atoms with Gasteiger partial charge in [0.25, 0.3) is 0 Å². The van der Waals surface area contributed by atoms with Crippen molar-refractivity contribution in [1.29, 1.82) is 0 Å². The predicted octanol–water partition coefficient (Wildman–Crippen LogP) is 16.1. The third-order valence-corrected chi connectivity index (χ3v) is 13.7. The van der Waals surface area contributed by atoms with Gasteiger partial charge in [-0.3, -0.25) is 4.98 Å². The monoisotopic (exact) mass is 896 g/mol. The van der Waals surface area contributed by atoms with Gasteiger partial charge in [0, 0.05) is 50.0 Å². The van der Waals surface area contributed by atoms with E-state index in [1.807, 2.05) is 48.7 Å². The molecule has 0 radical (unpaired) electrons. The third kappa shape index (κ3) is 6.80. The van der Waals surface area contributed by atoms with Crippen molar-refractivity contribution in [3.8, 4) is 79.0 Å². The lowest BCUT2D eigenvalue weighted by molar-refractivity contribution is 1.07. The highest BCUT2D eigenvalue weighted by Crippen LogP contribution is 2.45. The van der Waals surface area contributed by atoms with Crippen LogP contribution in [0.3, 0.4) is 0 Å². The Morgan fingerprint density at radius 3 is 1.31 bits per heavy atom. The summed E-state index contributed by atoms with van der Waals surface area (Å²) in [6.45, 7) is 4.36. The molecule has 0 aliphatic carbocycles. The molecule has 4 heterocycles. The van der Waals surface area contributed by atoms with Crippen LogP contribution < -0.4 is 0 Å². The number of para-hydroxylation sites is 2. The molecule has 4 aromatic heterocycles. The van der Waals surface area contributed by atoms with E-state index < -0.39 is 0 Å². The first-order valence-corrected chi connectivity index (χ1v) is 23.7. The summed E-state index contributed by atoms with van der Waals surface area (Å²) in [6.07, 6.45) is 1.90. The van der Waals surface area contributed by atoms with Crippen LogP contribution >= 0.6 is 0 Å². The molecule has 0 aliphatic heterocycles. The number of hydrogen-bond acceptors (Lipinski definition) is 4. The Morgan fingerprint density at radius 2 is 0.757 bits per heavy atom. The van der Waals surface area contributed by atoms with E-state index in [9.17, 15) is 0 Å². The van der Waals surface area contributed by atoms with Gasteiger partial charge in [-0.25, -0.2) is 15.0 Å². The van der Waals surface area contributed by atoms with Gasteiger partial charge in [-0.2, -0.15) is 0 Å². The standard InChI is InChI=1S/C64H44N6/c1-41-19-9-11-25-47(41)45-34-36-56-52(39-45)49-27-13-15-30-54(49)69(56)58-32-17-29-51(64-67-62(43-21-5-3-6-22-43)66-63(68-64)44-23-7-4-8-24-44)60(58)61-59(33-18-38-65-61)70-55-31-16-14-28-50(55)53-40-46(35-37-57(53)70)48-26-12-10-20-42(48)2/h3-40H,1-2H3. The van der Waals surface area contributed by atoms with E-state index in [0.717, 1.165) is 66.8 Å². The molecule has 0 saturated carbocycles. The van der Waals surface area contributed by atoms with Crippen LogP contribution in [0.25, 0.3) is 123 Å². The average molecular weight is 897 g/mol. The summed E-state index contributed by atoms with van der Waals surface area (Å²) in [7, 11) is 0. The van der Waals surface area contributed by atoms with Gasteiger partial charge in [0.05, 0.1) is 39.1 Å². The zero-order valence-electron chi connectivity index (χ0n) is 38.6. The van der Waals surface area contributed by atoms with Gasteiger partial charge in [0.2, 0.25) is 0 Å². The molecule has 0 bridgehead atoms. The number of fused-ring (bicyclic) bond motifs is 6. The quantitative estimate of drug-likeness (QED) is 0.152. The summed E-state index contributed by atoms with van der Waals surface area (Å²) in [5.41, 5.74) is 17.9. The topological polar surface area (TPSA) is 61.4 Å². The summed E-state index contributed by atoms with van der Waals surface area (Å²) < 4.78 is 4.79. The smallest absolute Gasteiger partial charge is 0.164 e. The first kappa shape index (κ1) is 41.0. The molecule has 13 aromatic rings. The second-order valence-corrected chi connectivity index (χ2v) is 17.9. The Balaban J connectivity index is 1.13. The van der Waals surface area contributed by atoms with E-state index in [1.165, 1.54) is 49.5 Å². The van der Waals surface area contributed by atoms with Crippen molar-refractivity contribution in [3.63, 3.8) is 0 Å². The van der Waals surface area contributed by atoms with Crippen LogP contribution in [-0.2, 0) is 0 Å². The molecule has 330 valence electrons. The van der Waals surface area contributed by atoms with E-state index >= 15 is 0 Å². The first-order chi connectivity index (χ1) is 34.6. The predicted molar refractivity (Wildman–Crippen MR) is 288 cm³/mol. The number of pyridine rings is 1. The van der Waals surface area contributed by atoms with Crippen molar-refractivity contribution in [2.24, 2.45) is 0 Å². The van der Waals surface area contributed by atoms with E-state index in [1.54, 1.807) is 0 Å². The van der Waals surface area contributed by atoms with Crippen LogP contribution in [0.4, 0.5) is 0 Å². The zero-order chi connectivity index (χ0) is 46.7. The third-order valence-electron chi connectivity index (χ3n) is 13.7. The highest BCUT2D eigenvalue weighted by atomic mass is 15.0. The molecule has 13 rings (SSSR count). The molecule has 0 aliphatic rings. The van der Waals surface area contributed by atoms with Gasteiger partial charge >= 0.3 is 0 Å². The van der Waals surface area contributed by atoms with E-state index in [-0.39, 0.29) is 0 Å². The van der Waals surface area contributed by atoms with E-state index in [4.69, 9.17) is 19.9 Å². The molecule has 0 saturated heterocycles. The van der Waals surface area contributed by atoms with Crippen LogP contribution in [-0.4, -0.2) is 29.1 Å². The van der Waals surface area contributed by atoms with Gasteiger partial charge in [-0.15, -0.1) is 0 Å². The van der Waals surface area contributed by atoms with Crippen LogP contribution in [0.1, 0.15) is 11.1 Å². The fraction of sp³-hybridized carbons (Fsp3) is 0.0312. The van der Waals surface area contributed by atoms with Crippen LogP contribution in [0.2, 0.25) is 0 Å². The molecule has 6 nitrogen and oxygen atoms in total. The molecule has 0 spiro atoms. The number of aryl methyl sites for hydroxylation is 2. The largest absolute Gasteiger partial charge is 0.309 e. The number of aromatic nitrogens is 6. The first-order valence-electron chi connectivity index (χ1n) is 23.7.